The van der Waals surface area contributed by atoms with Gasteiger partial charge in [0, 0.05) is 12.6 Å². The smallest absolute Gasteiger partial charge is 0.0597 e. The third kappa shape index (κ3) is 7.30. The molecule has 3 heteroatoms. The maximum Gasteiger partial charge on any atom is 0.0597 e. The minimum Gasteiger partial charge on any atom is -0.395 e. The van der Waals surface area contributed by atoms with Gasteiger partial charge in [-0.15, -0.1) is 0 Å². The Labute approximate surface area is 88.5 Å². The molecule has 0 aliphatic rings. The van der Waals surface area contributed by atoms with E-state index >= 15 is 0 Å². The number of nitrogens with zero attached hydrogens (tertiary/aromatic N) is 1. The first-order valence-electron chi connectivity index (χ1n) is 5.77. The lowest BCUT2D eigenvalue weighted by Crippen LogP contribution is -2.42. The van der Waals surface area contributed by atoms with Crippen LogP contribution in [0.1, 0.15) is 33.1 Å². The molecule has 0 bridgehead atoms. The highest BCUT2D eigenvalue weighted by molar-refractivity contribution is 4.68. The molecule has 0 aromatic rings. The van der Waals surface area contributed by atoms with Gasteiger partial charge in [0.2, 0.25) is 0 Å². The second-order valence-electron chi connectivity index (χ2n) is 3.91. The van der Waals surface area contributed by atoms with Crippen LogP contribution in [0.25, 0.3) is 0 Å². The first-order valence-corrected chi connectivity index (χ1v) is 5.77. The van der Waals surface area contributed by atoms with E-state index in [2.05, 4.69) is 31.1 Å². The lowest BCUT2D eigenvalue weighted by molar-refractivity contribution is 0.199. The minimum absolute atomic E-state index is 0.228. The van der Waals surface area contributed by atoms with Crippen molar-refractivity contribution < 1.29 is 5.11 Å². The Morgan fingerprint density at radius 3 is 2.50 bits per heavy atom. The summed E-state index contributed by atoms with van der Waals surface area (Å²) in [6.07, 6.45) is 3.83. The molecule has 0 spiro atoms. The number of aliphatic hydroxyl groups is 1. The van der Waals surface area contributed by atoms with E-state index in [0.717, 1.165) is 19.6 Å². The fourth-order valence-corrected chi connectivity index (χ4v) is 1.57. The molecule has 2 N–H and O–H groups in total. The molecule has 1 atom stereocenters. The average Bonchev–Trinajstić information content (AvgIpc) is 2.17. The van der Waals surface area contributed by atoms with Crippen LogP contribution >= 0.6 is 0 Å². The van der Waals surface area contributed by atoms with Crippen molar-refractivity contribution in [1.29, 1.82) is 0 Å². The fraction of sp³-hybridized carbons (Fsp3) is 1.00. The zero-order chi connectivity index (χ0) is 10.8. The molecule has 3 nitrogen and oxygen atoms in total. The fourth-order valence-electron chi connectivity index (χ4n) is 1.57. The zero-order valence-electron chi connectivity index (χ0n) is 9.92. The molecule has 0 aromatic carbocycles. The first-order chi connectivity index (χ1) is 6.74. The number of hydrogen-bond donors (Lipinski definition) is 2. The van der Waals surface area contributed by atoms with Crippen LogP contribution in [0.3, 0.4) is 0 Å². The Morgan fingerprint density at radius 1 is 1.29 bits per heavy atom. The van der Waals surface area contributed by atoms with Crippen LogP contribution in [0.2, 0.25) is 0 Å². The summed E-state index contributed by atoms with van der Waals surface area (Å²) in [5.41, 5.74) is 0. The maximum absolute atomic E-state index is 9.09. The zero-order valence-corrected chi connectivity index (χ0v) is 9.92. The quantitative estimate of drug-likeness (QED) is 0.549. The van der Waals surface area contributed by atoms with Crippen molar-refractivity contribution in [2.75, 3.05) is 33.3 Å². The van der Waals surface area contributed by atoms with Gasteiger partial charge in [-0.25, -0.2) is 0 Å². The second-order valence-corrected chi connectivity index (χ2v) is 3.91. The number of unbranched alkanes of at least 4 members (excludes halogenated alkanes) is 2. The summed E-state index contributed by atoms with van der Waals surface area (Å²) in [4.78, 5) is 2.29. The molecule has 14 heavy (non-hydrogen) atoms. The molecule has 86 valence electrons. The molecule has 0 saturated heterocycles. The molecule has 0 aliphatic heterocycles. The SMILES string of the molecule is CCCCCN(C)CC(CO)NCC. The summed E-state index contributed by atoms with van der Waals surface area (Å²) in [7, 11) is 2.12. The largest absolute Gasteiger partial charge is 0.395 e. The molecule has 0 heterocycles. The highest BCUT2D eigenvalue weighted by Gasteiger charge is 2.08. The Bertz CT molecular complexity index is 120. The molecule has 0 aromatic heterocycles. The summed E-state index contributed by atoms with van der Waals surface area (Å²) in [5, 5.41) is 12.4. The number of aliphatic hydroxyl groups excluding tert-OH is 1. The highest BCUT2D eigenvalue weighted by Crippen LogP contribution is 1.97. The molecule has 0 saturated carbocycles. The van der Waals surface area contributed by atoms with Crippen LogP contribution in [0.15, 0.2) is 0 Å². The van der Waals surface area contributed by atoms with Crippen LogP contribution in [0.5, 0.6) is 0 Å². The number of nitrogens with one attached hydrogen (secondary N) is 1. The molecule has 1 unspecified atom stereocenters. The molecular formula is C11H26N2O. The monoisotopic (exact) mass is 202 g/mol. The van der Waals surface area contributed by atoms with Crippen molar-refractivity contribution in [3.63, 3.8) is 0 Å². The molecular weight excluding hydrogens is 176 g/mol. The van der Waals surface area contributed by atoms with Gasteiger partial charge in [-0.1, -0.05) is 26.7 Å². The van der Waals surface area contributed by atoms with Crippen LogP contribution in [-0.2, 0) is 0 Å². The van der Waals surface area contributed by atoms with Crippen LogP contribution in [-0.4, -0.2) is 49.3 Å². The van der Waals surface area contributed by atoms with E-state index in [1.807, 2.05) is 0 Å². The Kier molecular flexibility index (Phi) is 9.35. The van der Waals surface area contributed by atoms with Gasteiger partial charge in [0.05, 0.1) is 6.61 Å². The normalized spacial score (nSPS) is 13.5. The van der Waals surface area contributed by atoms with Crippen LogP contribution in [0.4, 0.5) is 0 Å². The lowest BCUT2D eigenvalue weighted by atomic mass is 10.2. The second kappa shape index (κ2) is 9.44. The van der Waals surface area contributed by atoms with Crippen molar-refractivity contribution in [2.24, 2.45) is 0 Å². The molecule has 0 amide bonds. The van der Waals surface area contributed by atoms with E-state index in [9.17, 15) is 0 Å². The topological polar surface area (TPSA) is 35.5 Å². The Hall–Kier alpha value is -0.120. The van der Waals surface area contributed by atoms with Gasteiger partial charge < -0.3 is 15.3 Å². The van der Waals surface area contributed by atoms with E-state index in [0.29, 0.717) is 0 Å². The summed E-state index contributed by atoms with van der Waals surface area (Å²) in [5.74, 6) is 0. The van der Waals surface area contributed by atoms with Crippen molar-refractivity contribution in [3.05, 3.63) is 0 Å². The van der Waals surface area contributed by atoms with Crippen molar-refractivity contribution >= 4 is 0 Å². The number of hydrogen-bond acceptors (Lipinski definition) is 3. The predicted octanol–water partition coefficient (Wildman–Crippen LogP) is 1.08. The average molecular weight is 202 g/mol. The third-order valence-corrected chi connectivity index (χ3v) is 2.39. The van der Waals surface area contributed by atoms with Crippen molar-refractivity contribution in [2.45, 2.75) is 39.2 Å². The molecule has 0 radical (unpaired) electrons. The van der Waals surface area contributed by atoms with E-state index in [4.69, 9.17) is 5.11 Å². The van der Waals surface area contributed by atoms with Gasteiger partial charge in [0.25, 0.3) is 0 Å². The van der Waals surface area contributed by atoms with Crippen LogP contribution in [0, 0.1) is 0 Å². The summed E-state index contributed by atoms with van der Waals surface area (Å²) in [6, 6.07) is 0.228. The van der Waals surface area contributed by atoms with E-state index in [-0.39, 0.29) is 12.6 Å². The lowest BCUT2D eigenvalue weighted by Gasteiger charge is -2.23. The van der Waals surface area contributed by atoms with Gasteiger partial charge >= 0.3 is 0 Å². The molecule has 0 fully saturated rings. The van der Waals surface area contributed by atoms with Gasteiger partial charge in [0.1, 0.15) is 0 Å². The Morgan fingerprint density at radius 2 is 2.00 bits per heavy atom. The van der Waals surface area contributed by atoms with Gasteiger partial charge in [0.15, 0.2) is 0 Å². The van der Waals surface area contributed by atoms with Crippen molar-refractivity contribution in [1.82, 2.24) is 10.2 Å². The van der Waals surface area contributed by atoms with E-state index < -0.39 is 0 Å². The maximum atomic E-state index is 9.09. The van der Waals surface area contributed by atoms with E-state index in [1.54, 1.807) is 0 Å². The third-order valence-electron chi connectivity index (χ3n) is 2.39. The first kappa shape index (κ1) is 13.9. The summed E-state index contributed by atoms with van der Waals surface area (Å²) < 4.78 is 0. The van der Waals surface area contributed by atoms with Gasteiger partial charge in [-0.05, 0) is 26.6 Å². The van der Waals surface area contributed by atoms with Gasteiger partial charge in [-0.3, -0.25) is 0 Å². The van der Waals surface area contributed by atoms with E-state index in [1.165, 1.54) is 19.3 Å². The predicted molar refractivity (Wildman–Crippen MR) is 61.6 cm³/mol. The number of likely N-dealkylation sites (N-methyl/N-ethyl adjacent to an activating group) is 2. The van der Waals surface area contributed by atoms with Crippen LogP contribution < -0.4 is 5.32 Å². The minimum atomic E-state index is 0.228. The number of rotatable bonds is 9. The molecule has 0 aliphatic carbocycles. The highest BCUT2D eigenvalue weighted by atomic mass is 16.3. The van der Waals surface area contributed by atoms with Gasteiger partial charge in [-0.2, -0.15) is 0 Å². The summed E-state index contributed by atoms with van der Waals surface area (Å²) >= 11 is 0. The Balaban J connectivity index is 3.51. The molecule has 0 rings (SSSR count). The standard InChI is InChI=1S/C11H26N2O/c1-4-6-7-8-13(3)9-11(10-14)12-5-2/h11-12,14H,4-10H2,1-3H3. The van der Waals surface area contributed by atoms with Crippen molar-refractivity contribution in [3.8, 4) is 0 Å². The summed E-state index contributed by atoms with van der Waals surface area (Å²) in [6.45, 7) is 7.51.